The fourth-order valence-corrected chi connectivity index (χ4v) is 3.99. The zero-order valence-electron chi connectivity index (χ0n) is 16.1. The predicted molar refractivity (Wildman–Crippen MR) is 111 cm³/mol. The summed E-state index contributed by atoms with van der Waals surface area (Å²) < 4.78 is 0. The number of thiophene rings is 1. The molecule has 0 aliphatic carbocycles. The molecule has 0 fully saturated rings. The number of nitrogens with one attached hydrogen (secondary N) is 1. The van der Waals surface area contributed by atoms with Crippen LogP contribution >= 0.6 is 11.3 Å². The predicted octanol–water partition coefficient (Wildman–Crippen LogP) is 5.39. The summed E-state index contributed by atoms with van der Waals surface area (Å²) in [7, 11) is 0. The molecule has 142 valence electrons. The van der Waals surface area contributed by atoms with Gasteiger partial charge in [-0.1, -0.05) is 58.4 Å². The van der Waals surface area contributed by atoms with E-state index in [1.807, 2.05) is 13.8 Å². The lowest BCUT2D eigenvalue weighted by molar-refractivity contribution is -0.139. The van der Waals surface area contributed by atoms with Gasteiger partial charge in [-0.05, 0) is 23.0 Å². The maximum Gasteiger partial charge on any atom is 0.326 e. The molecule has 1 aromatic carbocycles. The van der Waals surface area contributed by atoms with Gasteiger partial charge in [0.25, 0.3) is 0 Å². The minimum absolute atomic E-state index is 0.0140. The van der Waals surface area contributed by atoms with Crippen molar-refractivity contribution in [1.82, 2.24) is 9.97 Å². The summed E-state index contributed by atoms with van der Waals surface area (Å²) in [6, 6.07) is 7.80. The van der Waals surface area contributed by atoms with Gasteiger partial charge in [0.2, 0.25) is 0 Å². The number of anilines is 1. The fourth-order valence-electron chi connectivity index (χ4n) is 3.07. The minimum Gasteiger partial charge on any atom is -0.480 e. The molecule has 2 N–H and O–H groups in total. The molecule has 2 unspecified atom stereocenters. The highest BCUT2D eigenvalue weighted by Gasteiger charge is 2.25. The van der Waals surface area contributed by atoms with Gasteiger partial charge in [-0.25, -0.2) is 14.8 Å². The molecule has 5 nitrogen and oxygen atoms in total. The van der Waals surface area contributed by atoms with Crippen LogP contribution in [0.25, 0.3) is 21.3 Å². The van der Waals surface area contributed by atoms with E-state index >= 15 is 0 Å². The van der Waals surface area contributed by atoms with E-state index in [0.29, 0.717) is 11.7 Å². The highest BCUT2D eigenvalue weighted by molar-refractivity contribution is 7.17. The Morgan fingerprint density at radius 1 is 1.19 bits per heavy atom. The van der Waals surface area contributed by atoms with Gasteiger partial charge in [0.05, 0.1) is 5.39 Å². The van der Waals surface area contributed by atoms with Crippen molar-refractivity contribution in [2.45, 2.75) is 46.1 Å². The van der Waals surface area contributed by atoms with Crippen molar-refractivity contribution in [3.8, 4) is 11.1 Å². The number of hydrogen-bond acceptors (Lipinski definition) is 5. The van der Waals surface area contributed by atoms with E-state index in [-0.39, 0.29) is 5.92 Å². The topological polar surface area (TPSA) is 75.1 Å². The lowest BCUT2D eigenvalue weighted by Crippen LogP contribution is -2.35. The zero-order chi connectivity index (χ0) is 19.6. The van der Waals surface area contributed by atoms with Crippen molar-refractivity contribution in [3.05, 3.63) is 41.5 Å². The summed E-state index contributed by atoms with van der Waals surface area (Å²) in [6.45, 7) is 8.27. The minimum atomic E-state index is -0.867. The summed E-state index contributed by atoms with van der Waals surface area (Å²) in [6.07, 6.45) is 2.26. The first-order valence-electron chi connectivity index (χ1n) is 9.24. The molecule has 0 aliphatic heterocycles. The van der Waals surface area contributed by atoms with Crippen molar-refractivity contribution in [2.75, 3.05) is 5.32 Å². The van der Waals surface area contributed by atoms with E-state index in [1.165, 1.54) is 11.9 Å². The van der Waals surface area contributed by atoms with E-state index < -0.39 is 12.0 Å². The highest BCUT2D eigenvalue weighted by Crippen LogP contribution is 2.37. The normalized spacial score (nSPS) is 13.7. The Morgan fingerprint density at radius 2 is 1.89 bits per heavy atom. The largest absolute Gasteiger partial charge is 0.480 e. The van der Waals surface area contributed by atoms with Gasteiger partial charge >= 0.3 is 5.97 Å². The summed E-state index contributed by atoms with van der Waals surface area (Å²) in [5.74, 6) is 0.177. The number of hydrogen-bond donors (Lipinski definition) is 2. The van der Waals surface area contributed by atoms with Crippen LogP contribution < -0.4 is 5.32 Å². The van der Waals surface area contributed by atoms with Gasteiger partial charge in [0.1, 0.15) is 23.0 Å². The third-order valence-corrected chi connectivity index (χ3v) is 5.92. The van der Waals surface area contributed by atoms with Gasteiger partial charge in [-0.3, -0.25) is 0 Å². The monoisotopic (exact) mass is 383 g/mol. The summed E-state index contributed by atoms with van der Waals surface area (Å²) >= 11 is 1.54. The molecule has 3 rings (SSSR count). The third kappa shape index (κ3) is 3.95. The summed E-state index contributed by atoms with van der Waals surface area (Å²) in [5, 5.41) is 15.7. The Hall–Kier alpha value is -2.47. The molecule has 2 aromatic heterocycles. The lowest BCUT2D eigenvalue weighted by atomic mass is 9.98. The SMILES string of the molecule is CCC(C)C(Nc1ncnc2scc(-c3ccc(C(C)C)cc3)c12)C(=O)O. The first kappa shape index (κ1) is 19.3. The van der Waals surface area contributed by atoms with Crippen LogP contribution in [0.15, 0.2) is 36.0 Å². The number of nitrogens with zero attached hydrogens (tertiary/aromatic N) is 2. The molecule has 0 saturated heterocycles. The van der Waals surface area contributed by atoms with Crippen LogP contribution in [-0.4, -0.2) is 27.1 Å². The lowest BCUT2D eigenvalue weighted by Gasteiger charge is -2.21. The maximum atomic E-state index is 11.7. The van der Waals surface area contributed by atoms with Crippen molar-refractivity contribution in [1.29, 1.82) is 0 Å². The first-order valence-corrected chi connectivity index (χ1v) is 10.1. The second kappa shape index (κ2) is 8.05. The van der Waals surface area contributed by atoms with Crippen LogP contribution in [0.1, 0.15) is 45.6 Å². The molecule has 0 aliphatic rings. The molecule has 2 atom stereocenters. The van der Waals surface area contributed by atoms with E-state index in [1.54, 1.807) is 11.3 Å². The van der Waals surface area contributed by atoms with Crippen LogP contribution in [0.3, 0.4) is 0 Å². The van der Waals surface area contributed by atoms with Crippen molar-refractivity contribution < 1.29 is 9.90 Å². The molecule has 0 amide bonds. The first-order chi connectivity index (χ1) is 12.9. The molecule has 0 bridgehead atoms. The standard InChI is InChI=1S/C21H25N3O2S/c1-5-13(4)18(21(25)26)24-19-17-16(10-27-20(17)23-11-22-19)15-8-6-14(7-9-15)12(2)3/h6-13,18H,5H2,1-4H3,(H,25,26)(H,22,23,24). The zero-order valence-corrected chi connectivity index (χ0v) is 16.9. The molecule has 0 spiro atoms. The van der Waals surface area contributed by atoms with Crippen molar-refractivity contribution in [3.63, 3.8) is 0 Å². The van der Waals surface area contributed by atoms with Gasteiger partial charge < -0.3 is 10.4 Å². The number of rotatable bonds is 7. The number of carbonyl (C=O) groups is 1. The maximum absolute atomic E-state index is 11.7. The average molecular weight is 384 g/mol. The Balaban J connectivity index is 2.05. The third-order valence-electron chi connectivity index (χ3n) is 5.03. The quantitative estimate of drug-likeness (QED) is 0.572. The molecule has 2 heterocycles. The van der Waals surface area contributed by atoms with Crippen molar-refractivity contribution >= 4 is 33.3 Å². The number of aliphatic carboxylic acids is 1. The van der Waals surface area contributed by atoms with Gasteiger partial charge in [0.15, 0.2) is 0 Å². The van der Waals surface area contributed by atoms with Crippen LogP contribution in [0, 0.1) is 5.92 Å². The molecule has 3 aromatic rings. The molecular weight excluding hydrogens is 358 g/mol. The number of fused-ring (bicyclic) bond motifs is 1. The Bertz CT molecular complexity index is 934. The highest BCUT2D eigenvalue weighted by atomic mass is 32.1. The van der Waals surface area contributed by atoms with Crippen LogP contribution in [-0.2, 0) is 4.79 Å². The Kier molecular flexibility index (Phi) is 5.75. The molecular formula is C21H25N3O2S. The Morgan fingerprint density at radius 3 is 2.48 bits per heavy atom. The van der Waals surface area contributed by atoms with Crippen LogP contribution in [0.5, 0.6) is 0 Å². The second-order valence-electron chi connectivity index (χ2n) is 7.17. The van der Waals surface area contributed by atoms with Crippen LogP contribution in [0.4, 0.5) is 5.82 Å². The van der Waals surface area contributed by atoms with E-state index in [2.05, 4.69) is 58.8 Å². The summed E-state index contributed by atoms with van der Waals surface area (Å²) in [4.78, 5) is 21.3. The van der Waals surface area contributed by atoms with Gasteiger partial charge in [0, 0.05) is 10.9 Å². The fraction of sp³-hybridized carbons (Fsp3) is 0.381. The molecule has 0 saturated carbocycles. The molecule has 6 heteroatoms. The number of carboxylic acid groups (broad SMARTS) is 1. The smallest absolute Gasteiger partial charge is 0.326 e. The average Bonchev–Trinajstić information content (AvgIpc) is 3.10. The number of carboxylic acids is 1. The van der Waals surface area contributed by atoms with Crippen molar-refractivity contribution in [2.24, 2.45) is 5.92 Å². The molecule has 0 radical (unpaired) electrons. The van der Waals surface area contributed by atoms with Gasteiger partial charge in [-0.2, -0.15) is 0 Å². The summed E-state index contributed by atoms with van der Waals surface area (Å²) in [5.41, 5.74) is 3.40. The van der Waals surface area contributed by atoms with Crippen LogP contribution in [0.2, 0.25) is 0 Å². The Labute approximate surface area is 163 Å². The number of aromatic nitrogens is 2. The van der Waals surface area contributed by atoms with Gasteiger partial charge in [-0.15, -0.1) is 11.3 Å². The van der Waals surface area contributed by atoms with E-state index in [0.717, 1.165) is 27.8 Å². The van der Waals surface area contributed by atoms with E-state index in [9.17, 15) is 9.90 Å². The molecule has 27 heavy (non-hydrogen) atoms. The van der Waals surface area contributed by atoms with E-state index in [4.69, 9.17) is 0 Å². The number of benzene rings is 1. The second-order valence-corrected chi connectivity index (χ2v) is 8.03.